The highest BCUT2D eigenvalue weighted by atomic mass is 16.5. The third-order valence-electron chi connectivity index (χ3n) is 3.76. The molecule has 0 bridgehead atoms. The Morgan fingerprint density at radius 2 is 2.16 bits per heavy atom. The van der Waals surface area contributed by atoms with Gasteiger partial charge in [-0.05, 0) is 12.8 Å². The Balaban J connectivity index is 2.05. The van der Waals surface area contributed by atoms with Crippen molar-refractivity contribution in [2.24, 2.45) is 5.92 Å². The summed E-state index contributed by atoms with van der Waals surface area (Å²) in [7, 11) is 3.45. The van der Waals surface area contributed by atoms with Gasteiger partial charge in [-0.1, -0.05) is 0 Å². The number of amides is 2. The van der Waals surface area contributed by atoms with Crippen LogP contribution in [-0.2, 0) is 14.3 Å². The van der Waals surface area contributed by atoms with Crippen LogP contribution in [0.25, 0.3) is 0 Å². The fourth-order valence-corrected chi connectivity index (χ4v) is 2.66. The van der Waals surface area contributed by atoms with Gasteiger partial charge in [-0.15, -0.1) is 0 Å². The van der Waals surface area contributed by atoms with Crippen molar-refractivity contribution < 1.29 is 14.3 Å². The van der Waals surface area contributed by atoms with Crippen LogP contribution in [0.1, 0.15) is 12.8 Å². The van der Waals surface area contributed by atoms with Gasteiger partial charge in [-0.25, -0.2) is 0 Å². The fourth-order valence-electron chi connectivity index (χ4n) is 2.66. The Bertz CT molecular complexity index is 340. The SMILES string of the molecule is CN(C)C(=O)C1CNCCN1C(=O)C1CCCOC1. The number of hydrogen-bond acceptors (Lipinski definition) is 4. The average molecular weight is 269 g/mol. The van der Waals surface area contributed by atoms with Crippen LogP contribution < -0.4 is 5.32 Å². The van der Waals surface area contributed by atoms with E-state index < -0.39 is 0 Å². The number of nitrogens with zero attached hydrogens (tertiary/aromatic N) is 2. The van der Waals surface area contributed by atoms with Gasteiger partial charge in [0, 0.05) is 40.3 Å². The van der Waals surface area contributed by atoms with Crippen LogP contribution in [0.5, 0.6) is 0 Å². The highest BCUT2D eigenvalue weighted by Gasteiger charge is 2.36. The van der Waals surface area contributed by atoms with E-state index in [2.05, 4.69) is 5.32 Å². The maximum atomic E-state index is 12.5. The molecule has 0 aromatic heterocycles. The first-order valence-corrected chi connectivity index (χ1v) is 6.91. The molecule has 0 radical (unpaired) electrons. The lowest BCUT2D eigenvalue weighted by atomic mass is 9.99. The first-order chi connectivity index (χ1) is 9.11. The molecule has 0 saturated carbocycles. The summed E-state index contributed by atoms with van der Waals surface area (Å²) in [5.41, 5.74) is 0. The Labute approximate surface area is 114 Å². The molecule has 6 nitrogen and oxygen atoms in total. The lowest BCUT2D eigenvalue weighted by molar-refractivity contribution is -0.150. The Hall–Kier alpha value is -1.14. The summed E-state index contributed by atoms with van der Waals surface area (Å²) in [6.45, 7) is 3.11. The minimum absolute atomic E-state index is 0.0164. The Morgan fingerprint density at radius 1 is 1.37 bits per heavy atom. The largest absolute Gasteiger partial charge is 0.381 e. The van der Waals surface area contributed by atoms with Crippen molar-refractivity contribution in [3.63, 3.8) is 0 Å². The van der Waals surface area contributed by atoms with Crippen molar-refractivity contribution >= 4 is 11.8 Å². The van der Waals surface area contributed by atoms with E-state index in [0.29, 0.717) is 19.7 Å². The van der Waals surface area contributed by atoms with E-state index in [-0.39, 0.29) is 23.8 Å². The number of carbonyl (C=O) groups excluding carboxylic acids is 2. The molecule has 2 rings (SSSR count). The maximum Gasteiger partial charge on any atom is 0.246 e. The predicted octanol–water partition coefficient (Wildman–Crippen LogP) is -0.698. The molecule has 0 aromatic carbocycles. The van der Waals surface area contributed by atoms with E-state index in [4.69, 9.17) is 4.74 Å². The molecule has 2 saturated heterocycles. The van der Waals surface area contributed by atoms with E-state index in [1.807, 2.05) is 0 Å². The summed E-state index contributed by atoms with van der Waals surface area (Å²) in [6, 6.07) is -0.377. The fraction of sp³-hybridized carbons (Fsp3) is 0.846. The van der Waals surface area contributed by atoms with Crippen molar-refractivity contribution in [3.8, 4) is 0 Å². The van der Waals surface area contributed by atoms with Gasteiger partial charge in [0.2, 0.25) is 11.8 Å². The smallest absolute Gasteiger partial charge is 0.246 e. The molecule has 2 unspecified atom stereocenters. The molecule has 108 valence electrons. The van der Waals surface area contributed by atoms with Crippen molar-refractivity contribution in [2.75, 3.05) is 46.9 Å². The minimum atomic E-state index is -0.377. The normalized spacial score (nSPS) is 28.0. The number of rotatable bonds is 2. The van der Waals surface area contributed by atoms with Gasteiger partial charge >= 0.3 is 0 Å². The van der Waals surface area contributed by atoms with E-state index in [1.165, 1.54) is 0 Å². The monoisotopic (exact) mass is 269 g/mol. The third kappa shape index (κ3) is 3.25. The van der Waals surface area contributed by atoms with Gasteiger partial charge in [-0.2, -0.15) is 0 Å². The quantitative estimate of drug-likeness (QED) is 0.720. The van der Waals surface area contributed by atoms with Gasteiger partial charge in [0.25, 0.3) is 0 Å². The number of ether oxygens (including phenoxy) is 1. The summed E-state index contributed by atoms with van der Waals surface area (Å²) >= 11 is 0. The molecule has 0 aromatic rings. The van der Waals surface area contributed by atoms with Crippen molar-refractivity contribution in [3.05, 3.63) is 0 Å². The van der Waals surface area contributed by atoms with Crippen LogP contribution in [0.3, 0.4) is 0 Å². The highest BCUT2D eigenvalue weighted by molar-refractivity contribution is 5.89. The molecule has 2 heterocycles. The maximum absolute atomic E-state index is 12.5. The number of piperazine rings is 1. The van der Waals surface area contributed by atoms with Crippen LogP contribution in [0.15, 0.2) is 0 Å². The van der Waals surface area contributed by atoms with Crippen molar-refractivity contribution in [2.45, 2.75) is 18.9 Å². The molecule has 1 N–H and O–H groups in total. The first-order valence-electron chi connectivity index (χ1n) is 6.91. The average Bonchev–Trinajstić information content (AvgIpc) is 2.46. The molecule has 2 amide bonds. The van der Waals surface area contributed by atoms with Gasteiger partial charge in [-0.3, -0.25) is 9.59 Å². The molecule has 2 atom stereocenters. The van der Waals surface area contributed by atoms with E-state index in [9.17, 15) is 9.59 Å². The van der Waals surface area contributed by atoms with Crippen LogP contribution in [0.2, 0.25) is 0 Å². The van der Waals surface area contributed by atoms with Crippen LogP contribution in [-0.4, -0.2) is 74.6 Å². The molecule has 0 aliphatic carbocycles. The third-order valence-corrected chi connectivity index (χ3v) is 3.76. The second-order valence-corrected chi connectivity index (χ2v) is 5.40. The highest BCUT2D eigenvalue weighted by Crippen LogP contribution is 2.19. The van der Waals surface area contributed by atoms with E-state index in [1.54, 1.807) is 23.9 Å². The Kier molecular flexibility index (Phi) is 4.76. The van der Waals surface area contributed by atoms with Crippen molar-refractivity contribution in [1.82, 2.24) is 15.1 Å². The zero-order chi connectivity index (χ0) is 13.8. The number of likely N-dealkylation sites (N-methyl/N-ethyl adjacent to an activating group) is 1. The number of nitrogens with one attached hydrogen (secondary N) is 1. The lowest BCUT2D eigenvalue weighted by Crippen LogP contribution is -2.60. The van der Waals surface area contributed by atoms with Crippen LogP contribution >= 0.6 is 0 Å². The zero-order valence-electron chi connectivity index (χ0n) is 11.7. The molecule has 6 heteroatoms. The summed E-state index contributed by atoms with van der Waals surface area (Å²) in [5, 5.41) is 3.19. The zero-order valence-corrected chi connectivity index (χ0v) is 11.7. The molecular formula is C13H23N3O3. The molecule has 2 fully saturated rings. The molecular weight excluding hydrogens is 246 g/mol. The standard InChI is InChI=1S/C13H23N3O3/c1-15(2)13(18)11-8-14-5-6-16(11)12(17)10-4-3-7-19-9-10/h10-11,14H,3-9H2,1-2H3. The second kappa shape index (κ2) is 6.34. The van der Waals surface area contributed by atoms with Gasteiger partial charge < -0.3 is 19.9 Å². The second-order valence-electron chi connectivity index (χ2n) is 5.40. The van der Waals surface area contributed by atoms with E-state index >= 15 is 0 Å². The summed E-state index contributed by atoms with van der Waals surface area (Å²) < 4.78 is 5.38. The van der Waals surface area contributed by atoms with Crippen LogP contribution in [0.4, 0.5) is 0 Å². The summed E-state index contributed by atoms with van der Waals surface area (Å²) in [5.74, 6) is -0.0250. The van der Waals surface area contributed by atoms with Gasteiger partial charge in [0.15, 0.2) is 0 Å². The van der Waals surface area contributed by atoms with Gasteiger partial charge in [0.1, 0.15) is 6.04 Å². The van der Waals surface area contributed by atoms with Gasteiger partial charge in [0.05, 0.1) is 12.5 Å². The summed E-state index contributed by atoms with van der Waals surface area (Å²) in [6.07, 6.45) is 1.79. The van der Waals surface area contributed by atoms with Crippen LogP contribution in [0, 0.1) is 5.92 Å². The summed E-state index contributed by atoms with van der Waals surface area (Å²) in [4.78, 5) is 28.0. The molecule has 2 aliphatic rings. The number of carbonyl (C=O) groups is 2. The topological polar surface area (TPSA) is 61.9 Å². The molecule has 19 heavy (non-hydrogen) atoms. The first kappa shape index (κ1) is 14.3. The number of hydrogen-bond donors (Lipinski definition) is 1. The predicted molar refractivity (Wildman–Crippen MR) is 70.6 cm³/mol. The molecule has 2 aliphatic heterocycles. The molecule has 0 spiro atoms. The lowest BCUT2D eigenvalue weighted by Gasteiger charge is -2.38. The van der Waals surface area contributed by atoms with E-state index in [0.717, 1.165) is 26.0 Å². The minimum Gasteiger partial charge on any atom is -0.381 e. The Morgan fingerprint density at radius 3 is 2.79 bits per heavy atom. The van der Waals surface area contributed by atoms with Crippen molar-refractivity contribution in [1.29, 1.82) is 0 Å².